The van der Waals surface area contributed by atoms with Gasteiger partial charge in [0, 0.05) is 19.7 Å². The lowest BCUT2D eigenvalue weighted by Crippen LogP contribution is -2.42. The fraction of sp³-hybridized carbons (Fsp3) is 0.588. The molecule has 1 heterocycles. The van der Waals surface area contributed by atoms with Gasteiger partial charge in [-0.15, -0.1) is 0 Å². The quantitative estimate of drug-likeness (QED) is 0.552. The maximum atomic E-state index is 10.6. The molecule has 0 saturated carbocycles. The van der Waals surface area contributed by atoms with Crippen LogP contribution in [0.15, 0.2) is 35.3 Å². The molecule has 22 heavy (non-hydrogen) atoms. The van der Waals surface area contributed by atoms with Crippen LogP contribution in [0.25, 0.3) is 0 Å². The van der Waals surface area contributed by atoms with Gasteiger partial charge in [-0.25, -0.2) is 4.99 Å². The van der Waals surface area contributed by atoms with Crippen LogP contribution in [0.4, 0.5) is 0 Å². The average molecular weight is 305 g/mol. The second-order valence-electron chi connectivity index (χ2n) is 5.85. The average Bonchev–Trinajstić information content (AvgIpc) is 3.04. The number of guanidine groups is 1. The summed E-state index contributed by atoms with van der Waals surface area (Å²) in [5, 5.41) is 17.1. The van der Waals surface area contributed by atoms with Gasteiger partial charge in [-0.05, 0) is 32.3 Å². The number of aliphatic hydroxyl groups is 1. The summed E-state index contributed by atoms with van der Waals surface area (Å²) in [5.41, 5.74) is -0.110. The molecule has 1 fully saturated rings. The first-order valence-corrected chi connectivity index (χ1v) is 8.03. The molecule has 1 aromatic rings. The Balaban J connectivity index is 1.93. The summed E-state index contributed by atoms with van der Waals surface area (Å²) < 4.78 is 5.60. The minimum Gasteiger partial charge on any atom is -0.384 e. The van der Waals surface area contributed by atoms with Crippen LogP contribution < -0.4 is 10.6 Å². The Hall–Kier alpha value is -1.59. The molecule has 0 spiro atoms. The zero-order valence-corrected chi connectivity index (χ0v) is 13.5. The Bertz CT molecular complexity index is 468. The Morgan fingerprint density at radius 2 is 2.14 bits per heavy atom. The number of nitrogens with one attached hydrogen (secondary N) is 2. The van der Waals surface area contributed by atoms with E-state index in [9.17, 15) is 5.11 Å². The molecule has 1 aliphatic rings. The third-order valence-corrected chi connectivity index (χ3v) is 3.81. The summed E-state index contributed by atoms with van der Waals surface area (Å²) in [5.74, 6) is 0.717. The zero-order valence-electron chi connectivity index (χ0n) is 13.5. The van der Waals surface area contributed by atoms with Gasteiger partial charge >= 0.3 is 0 Å². The second kappa shape index (κ2) is 8.15. The van der Waals surface area contributed by atoms with Crippen LogP contribution in [0.3, 0.4) is 0 Å². The summed E-state index contributed by atoms with van der Waals surface area (Å²) in [6.07, 6.45) is 2.48. The first-order chi connectivity index (χ1) is 10.6. The van der Waals surface area contributed by atoms with Crippen molar-refractivity contribution >= 4 is 5.96 Å². The lowest BCUT2D eigenvalue weighted by molar-refractivity contribution is 0.0672. The van der Waals surface area contributed by atoms with E-state index in [2.05, 4.69) is 15.6 Å². The van der Waals surface area contributed by atoms with E-state index in [1.807, 2.05) is 37.3 Å². The summed E-state index contributed by atoms with van der Waals surface area (Å²) in [6, 6.07) is 9.63. The van der Waals surface area contributed by atoms with E-state index in [0.29, 0.717) is 12.5 Å². The lowest BCUT2D eigenvalue weighted by atomic mass is 9.96. The molecule has 1 aliphatic heterocycles. The molecule has 5 heteroatoms. The number of nitrogens with zero attached hydrogens (tertiary/aromatic N) is 1. The minimum absolute atomic E-state index is 0.262. The smallest absolute Gasteiger partial charge is 0.191 e. The number of hydrogen-bond donors (Lipinski definition) is 3. The van der Waals surface area contributed by atoms with Crippen molar-refractivity contribution in [2.24, 2.45) is 4.99 Å². The summed E-state index contributed by atoms with van der Waals surface area (Å²) >= 11 is 0. The molecule has 1 saturated heterocycles. The van der Waals surface area contributed by atoms with E-state index in [1.165, 1.54) is 0 Å². The highest BCUT2D eigenvalue weighted by Gasteiger charge is 2.22. The van der Waals surface area contributed by atoms with Crippen LogP contribution >= 0.6 is 0 Å². The first-order valence-electron chi connectivity index (χ1n) is 8.03. The van der Waals surface area contributed by atoms with E-state index in [-0.39, 0.29) is 6.10 Å². The van der Waals surface area contributed by atoms with Crippen molar-refractivity contribution in [1.29, 1.82) is 0 Å². The van der Waals surface area contributed by atoms with Crippen LogP contribution in [0.1, 0.15) is 32.3 Å². The van der Waals surface area contributed by atoms with Crippen molar-refractivity contribution in [2.45, 2.75) is 38.4 Å². The fourth-order valence-corrected chi connectivity index (χ4v) is 2.48. The van der Waals surface area contributed by atoms with Crippen molar-refractivity contribution in [1.82, 2.24) is 10.6 Å². The van der Waals surface area contributed by atoms with Crippen molar-refractivity contribution in [2.75, 3.05) is 26.2 Å². The van der Waals surface area contributed by atoms with Gasteiger partial charge in [0.05, 0.1) is 12.6 Å². The van der Waals surface area contributed by atoms with Crippen molar-refractivity contribution < 1.29 is 9.84 Å². The zero-order chi connectivity index (χ0) is 15.8. The molecule has 0 aliphatic carbocycles. The number of hydrogen-bond acceptors (Lipinski definition) is 3. The van der Waals surface area contributed by atoms with E-state index >= 15 is 0 Å². The topological polar surface area (TPSA) is 65.9 Å². The van der Waals surface area contributed by atoms with Gasteiger partial charge in [0.15, 0.2) is 5.96 Å². The third kappa shape index (κ3) is 5.00. The van der Waals surface area contributed by atoms with Gasteiger partial charge in [0.2, 0.25) is 0 Å². The number of ether oxygens (including phenoxy) is 1. The maximum absolute atomic E-state index is 10.6. The molecule has 5 nitrogen and oxygen atoms in total. The minimum atomic E-state index is -0.979. The van der Waals surface area contributed by atoms with Crippen LogP contribution in [0, 0.1) is 0 Å². The van der Waals surface area contributed by atoms with Crippen LogP contribution in [0.5, 0.6) is 0 Å². The third-order valence-electron chi connectivity index (χ3n) is 3.81. The summed E-state index contributed by atoms with van der Waals surface area (Å²) in [6.45, 7) is 6.50. The molecule has 0 aromatic heterocycles. The Kier molecular flexibility index (Phi) is 6.21. The van der Waals surface area contributed by atoms with E-state index in [4.69, 9.17) is 4.74 Å². The van der Waals surface area contributed by atoms with Gasteiger partial charge in [-0.2, -0.15) is 0 Å². The lowest BCUT2D eigenvalue weighted by Gasteiger charge is -2.23. The first kappa shape index (κ1) is 16.8. The summed E-state index contributed by atoms with van der Waals surface area (Å²) in [7, 11) is 0. The second-order valence-corrected chi connectivity index (χ2v) is 5.85. The molecule has 122 valence electrons. The molecule has 0 bridgehead atoms. The van der Waals surface area contributed by atoms with Crippen LogP contribution in [-0.2, 0) is 10.3 Å². The predicted molar refractivity (Wildman–Crippen MR) is 89.0 cm³/mol. The van der Waals surface area contributed by atoms with Crippen molar-refractivity contribution in [3.63, 3.8) is 0 Å². The molecule has 0 radical (unpaired) electrons. The Labute approximate surface area is 132 Å². The van der Waals surface area contributed by atoms with E-state index < -0.39 is 5.60 Å². The van der Waals surface area contributed by atoms with Gasteiger partial charge in [-0.1, -0.05) is 30.3 Å². The van der Waals surface area contributed by atoms with Crippen molar-refractivity contribution in [3.8, 4) is 0 Å². The Morgan fingerprint density at radius 1 is 1.36 bits per heavy atom. The van der Waals surface area contributed by atoms with Gasteiger partial charge in [0.25, 0.3) is 0 Å². The Morgan fingerprint density at radius 3 is 2.77 bits per heavy atom. The fourth-order valence-electron chi connectivity index (χ4n) is 2.48. The highest BCUT2D eigenvalue weighted by atomic mass is 16.5. The molecule has 0 amide bonds. The predicted octanol–water partition coefficient (Wildman–Crippen LogP) is 1.63. The highest BCUT2D eigenvalue weighted by Crippen LogP contribution is 2.20. The molecule has 3 N–H and O–H groups in total. The molecular weight excluding hydrogens is 278 g/mol. The SMILES string of the molecule is CCNC(=NCC(C)(O)c1ccccc1)NCC1CCCO1. The molecule has 2 rings (SSSR count). The van der Waals surface area contributed by atoms with Crippen molar-refractivity contribution in [3.05, 3.63) is 35.9 Å². The van der Waals surface area contributed by atoms with Crippen LogP contribution in [0.2, 0.25) is 0 Å². The number of benzene rings is 1. The highest BCUT2D eigenvalue weighted by molar-refractivity contribution is 5.79. The van der Waals surface area contributed by atoms with Gasteiger partial charge in [-0.3, -0.25) is 0 Å². The number of aliphatic imine (C=N–C) groups is 1. The number of rotatable bonds is 6. The summed E-state index contributed by atoms with van der Waals surface area (Å²) in [4.78, 5) is 4.51. The molecule has 2 unspecified atom stereocenters. The molecule has 1 aromatic carbocycles. The molecular formula is C17H27N3O2. The normalized spacial score (nSPS) is 21.4. The standard InChI is InChI=1S/C17H27N3O2/c1-3-18-16(19-12-15-10-7-11-22-15)20-13-17(2,21)14-8-5-4-6-9-14/h4-6,8-9,15,21H,3,7,10-13H2,1-2H3,(H2,18,19,20). The van der Waals surface area contributed by atoms with Gasteiger partial charge in [0.1, 0.15) is 5.60 Å². The van der Waals surface area contributed by atoms with Gasteiger partial charge < -0.3 is 20.5 Å². The van der Waals surface area contributed by atoms with Crippen LogP contribution in [-0.4, -0.2) is 43.4 Å². The largest absolute Gasteiger partial charge is 0.384 e. The van der Waals surface area contributed by atoms with E-state index in [0.717, 1.165) is 38.1 Å². The maximum Gasteiger partial charge on any atom is 0.191 e. The van der Waals surface area contributed by atoms with E-state index in [1.54, 1.807) is 6.92 Å². The molecule has 2 atom stereocenters. The monoisotopic (exact) mass is 305 g/mol.